The Morgan fingerprint density at radius 3 is 2.95 bits per heavy atom. The fraction of sp³-hybridized carbons (Fsp3) is 0.462. The number of amides is 1. The van der Waals surface area contributed by atoms with Gasteiger partial charge in [0.15, 0.2) is 0 Å². The molecule has 1 atom stereocenters. The standard InChI is InChI=1S/C13H17N3O4/c17-12(5-10-8-20-4-3-14-10)16-7-9-1-2-11(13(18)19)15-6-9/h1-2,6,10,14H,3-5,7-8H2,(H,16,17)(H,18,19). The molecule has 3 N–H and O–H groups in total. The van der Waals surface area contributed by atoms with Crippen molar-refractivity contribution in [1.82, 2.24) is 15.6 Å². The third-order valence-corrected chi connectivity index (χ3v) is 2.96. The fourth-order valence-electron chi connectivity index (χ4n) is 1.90. The van der Waals surface area contributed by atoms with Gasteiger partial charge in [-0.15, -0.1) is 0 Å². The van der Waals surface area contributed by atoms with E-state index in [0.29, 0.717) is 26.2 Å². The van der Waals surface area contributed by atoms with Crippen molar-refractivity contribution in [2.45, 2.75) is 19.0 Å². The van der Waals surface area contributed by atoms with Crippen molar-refractivity contribution in [2.24, 2.45) is 0 Å². The average Bonchev–Trinajstić information content (AvgIpc) is 2.46. The molecule has 20 heavy (non-hydrogen) atoms. The first kappa shape index (κ1) is 14.4. The molecule has 0 aliphatic carbocycles. The molecule has 1 amide bonds. The highest BCUT2D eigenvalue weighted by Gasteiger charge is 2.16. The Kier molecular flexibility index (Phi) is 5.03. The zero-order chi connectivity index (χ0) is 14.4. The van der Waals surface area contributed by atoms with Crippen LogP contribution >= 0.6 is 0 Å². The minimum absolute atomic E-state index is 0.0105. The molecule has 108 valence electrons. The second kappa shape index (κ2) is 6.97. The maximum Gasteiger partial charge on any atom is 0.354 e. The lowest BCUT2D eigenvalue weighted by Crippen LogP contribution is -2.44. The van der Waals surface area contributed by atoms with Crippen LogP contribution < -0.4 is 10.6 Å². The lowest BCUT2D eigenvalue weighted by molar-refractivity contribution is -0.122. The van der Waals surface area contributed by atoms with Gasteiger partial charge in [-0.2, -0.15) is 0 Å². The van der Waals surface area contributed by atoms with Gasteiger partial charge in [-0.3, -0.25) is 4.79 Å². The van der Waals surface area contributed by atoms with E-state index in [1.54, 1.807) is 6.07 Å². The van der Waals surface area contributed by atoms with E-state index in [9.17, 15) is 9.59 Å². The minimum atomic E-state index is -1.07. The summed E-state index contributed by atoms with van der Waals surface area (Å²) in [7, 11) is 0. The first-order valence-electron chi connectivity index (χ1n) is 6.41. The topological polar surface area (TPSA) is 101 Å². The molecule has 7 heteroatoms. The summed E-state index contributed by atoms with van der Waals surface area (Å²) < 4.78 is 5.27. The number of rotatable bonds is 5. The maximum atomic E-state index is 11.7. The Hall–Kier alpha value is -1.99. The van der Waals surface area contributed by atoms with Crippen molar-refractivity contribution in [1.29, 1.82) is 0 Å². The molecule has 1 fully saturated rings. The number of aromatic nitrogens is 1. The number of hydrogen-bond acceptors (Lipinski definition) is 5. The number of carboxylic acids is 1. The number of morpholine rings is 1. The smallest absolute Gasteiger partial charge is 0.354 e. The average molecular weight is 279 g/mol. The predicted octanol–water partition coefficient (Wildman–Crippen LogP) is -0.225. The van der Waals surface area contributed by atoms with Crippen LogP contribution in [0.3, 0.4) is 0 Å². The van der Waals surface area contributed by atoms with Crippen LogP contribution in [0, 0.1) is 0 Å². The lowest BCUT2D eigenvalue weighted by Gasteiger charge is -2.23. The number of nitrogens with zero attached hydrogens (tertiary/aromatic N) is 1. The van der Waals surface area contributed by atoms with Crippen LogP contribution in [0.4, 0.5) is 0 Å². The molecule has 1 aliphatic heterocycles. The SMILES string of the molecule is O=C(CC1COCCN1)NCc1ccc(C(=O)O)nc1. The van der Waals surface area contributed by atoms with E-state index in [-0.39, 0.29) is 17.6 Å². The molecule has 2 heterocycles. The van der Waals surface area contributed by atoms with E-state index in [4.69, 9.17) is 9.84 Å². The lowest BCUT2D eigenvalue weighted by atomic mass is 10.2. The summed E-state index contributed by atoms with van der Waals surface area (Å²) >= 11 is 0. The van der Waals surface area contributed by atoms with Crippen molar-refractivity contribution in [2.75, 3.05) is 19.8 Å². The molecule has 0 aromatic carbocycles. The van der Waals surface area contributed by atoms with Crippen LogP contribution in [0.1, 0.15) is 22.5 Å². The van der Waals surface area contributed by atoms with Crippen LogP contribution in [0.2, 0.25) is 0 Å². The van der Waals surface area contributed by atoms with Gasteiger partial charge in [0.1, 0.15) is 5.69 Å². The summed E-state index contributed by atoms with van der Waals surface area (Å²) in [4.78, 5) is 26.2. The normalized spacial score (nSPS) is 18.5. The Labute approximate surface area is 116 Å². The molecule has 1 saturated heterocycles. The highest BCUT2D eigenvalue weighted by Crippen LogP contribution is 2.02. The molecule has 1 aromatic heterocycles. The van der Waals surface area contributed by atoms with E-state index < -0.39 is 5.97 Å². The van der Waals surface area contributed by atoms with E-state index in [1.807, 2.05) is 0 Å². The molecular weight excluding hydrogens is 262 g/mol. The van der Waals surface area contributed by atoms with Gasteiger partial charge in [-0.25, -0.2) is 9.78 Å². The summed E-state index contributed by atoms with van der Waals surface area (Å²) in [5.74, 6) is -1.14. The monoisotopic (exact) mass is 279 g/mol. The van der Waals surface area contributed by atoms with E-state index in [2.05, 4.69) is 15.6 Å². The second-order valence-electron chi connectivity index (χ2n) is 4.56. The summed E-state index contributed by atoms with van der Waals surface area (Å²) in [5, 5.41) is 14.7. The maximum absolute atomic E-state index is 11.7. The largest absolute Gasteiger partial charge is 0.477 e. The number of aromatic carboxylic acids is 1. The highest BCUT2D eigenvalue weighted by atomic mass is 16.5. The van der Waals surface area contributed by atoms with Gasteiger partial charge in [0.2, 0.25) is 5.91 Å². The van der Waals surface area contributed by atoms with Crippen molar-refractivity contribution < 1.29 is 19.4 Å². The zero-order valence-corrected chi connectivity index (χ0v) is 11.0. The second-order valence-corrected chi connectivity index (χ2v) is 4.56. The summed E-state index contributed by atoms with van der Waals surface area (Å²) in [5.41, 5.74) is 0.750. The predicted molar refractivity (Wildman–Crippen MR) is 70.3 cm³/mol. The zero-order valence-electron chi connectivity index (χ0n) is 11.0. The van der Waals surface area contributed by atoms with Crippen LogP contribution in [-0.4, -0.2) is 47.8 Å². The van der Waals surface area contributed by atoms with Crippen LogP contribution in [-0.2, 0) is 16.1 Å². The van der Waals surface area contributed by atoms with Gasteiger partial charge in [-0.05, 0) is 11.6 Å². The Bertz CT molecular complexity index is 469. The number of carboxylic acid groups (broad SMARTS) is 1. The van der Waals surface area contributed by atoms with E-state index in [0.717, 1.165) is 12.1 Å². The fourth-order valence-corrected chi connectivity index (χ4v) is 1.90. The first-order valence-corrected chi connectivity index (χ1v) is 6.41. The molecule has 0 bridgehead atoms. The van der Waals surface area contributed by atoms with Crippen molar-refractivity contribution in [3.63, 3.8) is 0 Å². The molecule has 2 rings (SSSR count). The van der Waals surface area contributed by atoms with Crippen LogP contribution in [0.15, 0.2) is 18.3 Å². The molecule has 0 radical (unpaired) electrons. The summed E-state index contributed by atoms with van der Waals surface area (Å²) in [6.07, 6.45) is 1.81. The summed E-state index contributed by atoms with van der Waals surface area (Å²) in [6, 6.07) is 3.11. The number of carbonyl (C=O) groups is 2. The van der Waals surface area contributed by atoms with Crippen molar-refractivity contribution >= 4 is 11.9 Å². The molecule has 1 aliphatic rings. The third kappa shape index (κ3) is 4.29. The first-order chi connectivity index (χ1) is 9.65. The Morgan fingerprint density at radius 2 is 2.35 bits per heavy atom. The number of carbonyl (C=O) groups excluding carboxylic acids is 1. The van der Waals surface area contributed by atoms with E-state index >= 15 is 0 Å². The highest BCUT2D eigenvalue weighted by molar-refractivity contribution is 5.85. The van der Waals surface area contributed by atoms with Crippen LogP contribution in [0.5, 0.6) is 0 Å². The Morgan fingerprint density at radius 1 is 1.50 bits per heavy atom. The van der Waals surface area contributed by atoms with Gasteiger partial charge < -0.3 is 20.5 Å². The number of pyridine rings is 1. The van der Waals surface area contributed by atoms with Gasteiger partial charge in [0, 0.05) is 31.7 Å². The summed E-state index contributed by atoms with van der Waals surface area (Å²) in [6.45, 7) is 2.32. The van der Waals surface area contributed by atoms with E-state index in [1.165, 1.54) is 12.3 Å². The molecule has 1 aromatic rings. The van der Waals surface area contributed by atoms with Gasteiger partial charge in [0.25, 0.3) is 0 Å². The number of ether oxygens (including phenoxy) is 1. The quantitative estimate of drug-likeness (QED) is 0.688. The molecule has 0 saturated carbocycles. The van der Waals surface area contributed by atoms with Gasteiger partial charge >= 0.3 is 5.97 Å². The number of hydrogen-bond donors (Lipinski definition) is 3. The van der Waals surface area contributed by atoms with Crippen molar-refractivity contribution in [3.05, 3.63) is 29.6 Å². The molecule has 0 spiro atoms. The number of nitrogens with one attached hydrogen (secondary N) is 2. The van der Waals surface area contributed by atoms with Crippen LogP contribution in [0.25, 0.3) is 0 Å². The third-order valence-electron chi connectivity index (χ3n) is 2.96. The molecule has 1 unspecified atom stereocenters. The molecular formula is C13H17N3O4. The van der Waals surface area contributed by atoms with Crippen molar-refractivity contribution in [3.8, 4) is 0 Å². The van der Waals surface area contributed by atoms with Gasteiger partial charge in [0.05, 0.1) is 13.2 Å². The van der Waals surface area contributed by atoms with Gasteiger partial charge in [-0.1, -0.05) is 6.07 Å². The Balaban J connectivity index is 1.76. The molecule has 7 nitrogen and oxygen atoms in total. The minimum Gasteiger partial charge on any atom is -0.477 e.